The van der Waals surface area contributed by atoms with E-state index in [1.165, 1.54) is 13.1 Å². The summed E-state index contributed by atoms with van der Waals surface area (Å²) in [6, 6.07) is 12.3. The maximum absolute atomic E-state index is 13.2. The van der Waals surface area contributed by atoms with Gasteiger partial charge in [-0.1, -0.05) is 41.9 Å². The predicted molar refractivity (Wildman–Crippen MR) is 105 cm³/mol. The van der Waals surface area contributed by atoms with Crippen molar-refractivity contribution in [2.24, 2.45) is 0 Å². The Morgan fingerprint density at radius 2 is 1.89 bits per heavy atom. The standard InChI is InChI=1S/C19H16ClFN4O3/c1-24(18(27)13-8-7-12(21)9-14(13)20)15-16(22)25(19(28)23-17(15)26)10-11-5-3-2-4-6-11/h2-9H,10,22H2,1H3,(H,23,26,28). The number of anilines is 2. The van der Waals surface area contributed by atoms with E-state index in [9.17, 15) is 18.8 Å². The molecule has 28 heavy (non-hydrogen) atoms. The number of halogens is 2. The Kier molecular flexibility index (Phi) is 5.32. The minimum atomic E-state index is -0.819. The fourth-order valence-corrected chi connectivity index (χ4v) is 3.02. The van der Waals surface area contributed by atoms with Gasteiger partial charge >= 0.3 is 5.69 Å². The van der Waals surface area contributed by atoms with Crippen molar-refractivity contribution in [1.82, 2.24) is 9.55 Å². The highest BCUT2D eigenvalue weighted by molar-refractivity contribution is 6.34. The average Bonchev–Trinajstić information content (AvgIpc) is 2.65. The van der Waals surface area contributed by atoms with Crippen molar-refractivity contribution in [2.45, 2.75) is 6.54 Å². The Morgan fingerprint density at radius 1 is 1.21 bits per heavy atom. The smallest absolute Gasteiger partial charge is 0.330 e. The van der Waals surface area contributed by atoms with Crippen LogP contribution in [0.15, 0.2) is 58.1 Å². The van der Waals surface area contributed by atoms with E-state index in [0.29, 0.717) is 0 Å². The van der Waals surface area contributed by atoms with Crippen LogP contribution in [0.3, 0.4) is 0 Å². The average molecular weight is 403 g/mol. The van der Waals surface area contributed by atoms with E-state index in [4.69, 9.17) is 17.3 Å². The van der Waals surface area contributed by atoms with Gasteiger partial charge in [-0.05, 0) is 23.8 Å². The van der Waals surface area contributed by atoms with Crippen molar-refractivity contribution in [3.63, 3.8) is 0 Å². The van der Waals surface area contributed by atoms with E-state index < -0.39 is 23.0 Å². The Balaban J connectivity index is 2.06. The Hall–Kier alpha value is -3.39. The number of hydrogen-bond donors (Lipinski definition) is 2. The molecule has 0 aliphatic rings. The molecule has 9 heteroatoms. The number of amides is 1. The molecule has 0 bridgehead atoms. The topological polar surface area (TPSA) is 101 Å². The minimum absolute atomic E-state index is 0.00910. The monoisotopic (exact) mass is 402 g/mol. The molecule has 0 spiro atoms. The molecular formula is C19H16ClFN4O3. The highest BCUT2D eigenvalue weighted by Gasteiger charge is 2.23. The first-order valence-electron chi connectivity index (χ1n) is 8.19. The van der Waals surface area contributed by atoms with Crippen molar-refractivity contribution in [3.8, 4) is 0 Å². The van der Waals surface area contributed by atoms with E-state index in [0.717, 1.165) is 27.2 Å². The van der Waals surface area contributed by atoms with E-state index in [-0.39, 0.29) is 28.6 Å². The lowest BCUT2D eigenvalue weighted by Crippen LogP contribution is -2.39. The number of carbonyl (C=O) groups is 1. The Labute approximate surface area is 163 Å². The summed E-state index contributed by atoms with van der Waals surface area (Å²) in [5.74, 6) is -1.45. The van der Waals surface area contributed by atoms with Crippen molar-refractivity contribution in [1.29, 1.82) is 0 Å². The van der Waals surface area contributed by atoms with Crippen LogP contribution in [0.2, 0.25) is 5.02 Å². The van der Waals surface area contributed by atoms with Gasteiger partial charge < -0.3 is 10.6 Å². The van der Waals surface area contributed by atoms with E-state index in [1.54, 1.807) is 24.3 Å². The second kappa shape index (κ2) is 7.69. The van der Waals surface area contributed by atoms with Crippen molar-refractivity contribution in [2.75, 3.05) is 17.7 Å². The number of hydrogen-bond acceptors (Lipinski definition) is 4. The van der Waals surface area contributed by atoms with Gasteiger partial charge in [-0.15, -0.1) is 0 Å². The molecule has 7 nitrogen and oxygen atoms in total. The molecule has 0 fully saturated rings. The molecule has 1 amide bonds. The highest BCUT2D eigenvalue weighted by Crippen LogP contribution is 2.23. The molecule has 0 saturated carbocycles. The van der Waals surface area contributed by atoms with Crippen LogP contribution >= 0.6 is 11.6 Å². The third-order valence-corrected chi connectivity index (χ3v) is 4.51. The normalized spacial score (nSPS) is 10.7. The molecule has 0 radical (unpaired) electrons. The molecule has 0 saturated heterocycles. The molecule has 144 valence electrons. The number of nitrogen functional groups attached to an aromatic ring is 1. The highest BCUT2D eigenvalue weighted by atomic mass is 35.5. The number of aromatic amines is 1. The van der Waals surface area contributed by atoms with Crippen molar-refractivity contribution >= 4 is 29.0 Å². The molecule has 3 aromatic rings. The van der Waals surface area contributed by atoms with Crippen LogP contribution in [0.4, 0.5) is 15.9 Å². The van der Waals surface area contributed by atoms with Gasteiger partial charge in [0.2, 0.25) is 0 Å². The number of rotatable bonds is 4. The van der Waals surface area contributed by atoms with Gasteiger partial charge in [0.05, 0.1) is 17.1 Å². The maximum Gasteiger partial charge on any atom is 0.330 e. The van der Waals surface area contributed by atoms with E-state index in [2.05, 4.69) is 4.98 Å². The van der Waals surface area contributed by atoms with E-state index in [1.807, 2.05) is 6.07 Å². The molecule has 0 aliphatic carbocycles. The van der Waals surface area contributed by atoms with Crippen molar-refractivity contribution in [3.05, 3.63) is 91.3 Å². The fourth-order valence-electron chi connectivity index (χ4n) is 2.77. The van der Waals surface area contributed by atoms with Gasteiger partial charge in [0.25, 0.3) is 11.5 Å². The number of benzene rings is 2. The number of nitrogens with zero attached hydrogens (tertiary/aromatic N) is 2. The lowest BCUT2D eigenvalue weighted by molar-refractivity contribution is 0.0993. The third kappa shape index (κ3) is 3.67. The first-order valence-corrected chi connectivity index (χ1v) is 8.57. The number of carbonyl (C=O) groups excluding carboxylic acids is 1. The zero-order valence-electron chi connectivity index (χ0n) is 14.8. The molecule has 2 aromatic carbocycles. The summed E-state index contributed by atoms with van der Waals surface area (Å²) in [6.07, 6.45) is 0. The van der Waals surface area contributed by atoms with Gasteiger partial charge in [0.15, 0.2) is 5.69 Å². The molecule has 0 unspecified atom stereocenters. The quantitative estimate of drug-likeness (QED) is 0.698. The zero-order valence-corrected chi connectivity index (χ0v) is 15.5. The molecule has 3 N–H and O–H groups in total. The van der Waals surface area contributed by atoms with Crippen LogP contribution in [0.5, 0.6) is 0 Å². The number of H-pyrrole nitrogens is 1. The molecular weight excluding hydrogens is 387 g/mol. The first-order chi connectivity index (χ1) is 13.3. The fraction of sp³-hybridized carbons (Fsp3) is 0.105. The number of aromatic nitrogens is 2. The third-order valence-electron chi connectivity index (χ3n) is 4.20. The summed E-state index contributed by atoms with van der Waals surface area (Å²) >= 11 is 5.94. The van der Waals surface area contributed by atoms with Gasteiger partial charge in [0.1, 0.15) is 11.6 Å². The predicted octanol–water partition coefficient (Wildman–Crippen LogP) is 2.24. The second-order valence-corrected chi connectivity index (χ2v) is 6.46. The summed E-state index contributed by atoms with van der Waals surface area (Å²) in [6.45, 7) is 0.106. The van der Waals surface area contributed by atoms with E-state index >= 15 is 0 Å². The molecule has 0 atom stereocenters. The summed E-state index contributed by atoms with van der Waals surface area (Å²) in [4.78, 5) is 40.5. The van der Waals surface area contributed by atoms with Crippen LogP contribution in [0.25, 0.3) is 0 Å². The van der Waals surface area contributed by atoms with Gasteiger partial charge in [-0.2, -0.15) is 0 Å². The van der Waals surface area contributed by atoms with Crippen LogP contribution in [-0.2, 0) is 6.54 Å². The summed E-state index contributed by atoms with van der Waals surface area (Å²) < 4.78 is 14.4. The van der Waals surface area contributed by atoms with Crippen LogP contribution in [-0.4, -0.2) is 22.5 Å². The lowest BCUT2D eigenvalue weighted by Gasteiger charge is -2.21. The largest absolute Gasteiger partial charge is 0.383 e. The van der Waals surface area contributed by atoms with Gasteiger partial charge in [0, 0.05) is 7.05 Å². The number of nitrogens with two attached hydrogens (primary N) is 1. The van der Waals surface area contributed by atoms with Gasteiger partial charge in [-0.25, -0.2) is 9.18 Å². The summed E-state index contributed by atoms with van der Waals surface area (Å²) in [7, 11) is 1.32. The van der Waals surface area contributed by atoms with Crippen LogP contribution in [0, 0.1) is 5.82 Å². The molecule has 1 aromatic heterocycles. The summed E-state index contributed by atoms with van der Waals surface area (Å²) in [5.41, 5.74) is 5.12. The Bertz CT molecular complexity index is 1160. The summed E-state index contributed by atoms with van der Waals surface area (Å²) in [5, 5.41) is -0.107. The van der Waals surface area contributed by atoms with Crippen molar-refractivity contribution < 1.29 is 9.18 Å². The minimum Gasteiger partial charge on any atom is -0.383 e. The SMILES string of the molecule is CN(C(=O)c1ccc(F)cc1Cl)c1c(N)n(Cc2ccccc2)c(=O)[nH]c1=O. The molecule has 0 aliphatic heterocycles. The first kappa shape index (κ1) is 19.4. The molecule has 3 rings (SSSR count). The second-order valence-electron chi connectivity index (χ2n) is 6.05. The van der Waals surface area contributed by atoms with Crippen LogP contribution < -0.4 is 21.9 Å². The van der Waals surface area contributed by atoms with Crippen LogP contribution in [0.1, 0.15) is 15.9 Å². The van der Waals surface area contributed by atoms with Gasteiger partial charge in [-0.3, -0.25) is 19.1 Å². The Morgan fingerprint density at radius 3 is 2.54 bits per heavy atom. The number of nitrogens with one attached hydrogen (secondary N) is 1. The lowest BCUT2D eigenvalue weighted by atomic mass is 10.2. The zero-order chi connectivity index (χ0) is 20.4. The maximum atomic E-state index is 13.2. The molecule has 1 heterocycles.